The minimum atomic E-state index is -0.521. The van der Waals surface area contributed by atoms with Gasteiger partial charge in [-0.15, -0.1) is 0 Å². The van der Waals surface area contributed by atoms with Crippen molar-refractivity contribution in [2.24, 2.45) is 5.73 Å². The summed E-state index contributed by atoms with van der Waals surface area (Å²) >= 11 is 6.22. The van der Waals surface area contributed by atoms with Crippen molar-refractivity contribution in [3.63, 3.8) is 0 Å². The van der Waals surface area contributed by atoms with Gasteiger partial charge in [0, 0.05) is 16.0 Å². The fourth-order valence-corrected chi connectivity index (χ4v) is 2.86. The van der Waals surface area contributed by atoms with Crippen molar-refractivity contribution in [3.05, 3.63) is 82.1 Å². The maximum Gasteiger partial charge on any atom is 0.131 e. The lowest BCUT2D eigenvalue weighted by atomic mass is 9.93. The van der Waals surface area contributed by atoms with E-state index >= 15 is 0 Å². The first-order valence-corrected chi connectivity index (χ1v) is 7.15. The molecule has 0 saturated heterocycles. The fourth-order valence-electron chi connectivity index (χ4n) is 2.63. The van der Waals surface area contributed by atoms with Crippen LogP contribution in [0.25, 0.3) is 10.8 Å². The molecule has 3 rings (SSSR count). The summed E-state index contributed by atoms with van der Waals surface area (Å²) < 4.78 is 14.3. The van der Waals surface area contributed by atoms with E-state index < -0.39 is 6.04 Å². The second-order valence-electron chi connectivity index (χ2n) is 5.14. The molecule has 3 aromatic carbocycles. The van der Waals surface area contributed by atoms with Gasteiger partial charge in [-0.3, -0.25) is 0 Å². The second-order valence-corrected chi connectivity index (χ2v) is 5.55. The number of benzene rings is 3. The highest BCUT2D eigenvalue weighted by Crippen LogP contribution is 2.32. The Morgan fingerprint density at radius 1 is 0.905 bits per heavy atom. The minimum absolute atomic E-state index is 0.246. The van der Waals surface area contributed by atoms with Crippen LogP contribution in [0.4, 0.5) is 4.39 Å². The maximum absolute atomic E-state index is 14.3. The number of hydrogen-bond donors (Lipinski definition) is 1. The van der Waals surface area contributed by atoms with Gasteiger partial charge < -0.3 is 5.73 Å². The monoisotopic (exact) mass is 299 g/mol. The van der Waals surface area contributed by atoms with E-state index in [9.17, 15) is 4.39 Å². The third kappa shape index (κ3) is 2.41. The zero-order valence-electron chi connectivity index (χ0n) is 11.6. The molecule has 2 N–H and O–H groups in total. The van der Waals surface area contributed by atoms with Gasteiger partial charge in [0.1, 0.15) is 5.82 Å². The first-order chi connectivity index (χ1) is 10.1. The van der Waals surface area contributed by atoms with Gasteiger partial charge in [-0.25, -0.2) is 4.39 Å². The topological polar surface area (TPSA) is 26.0 Å². The summed E-state index contributed by atoms with van der Waals surface area (Å²) in [6.07, 6.45) is 0. The lowest BCUT2D eigenvalue weighted by molar-refractivity contribution is 0.591. The van der Waals surface area contributed by atoms with Crippen LogP contribution in [0, 0.1) is 12.7 Å². The van der Waals surface area contributed by atoms with E-state index in [0.29, 0.717) is 16.1 Å². The third-order valence-corrected chi connectivity index (χ3v) is 4.13. The number of fused-ring (bicyclic) bond motifs is 1. The highest BCUT2D eigenvalue weighted by atomic mass is 35.5. The Bertz CT molecular complexity index is 813. The van der Waals surface area contributed by atoms with Gasteiger partial charge in [-0.2, -0.15) is 0 Å². The molecule has 0 heterocycles. The van der Waals surface area contributed by atoms with Gasteiger partial charge in [0.2, 0.25) is 0 Å². The Morgan fingerprint density at radius 3 is 2.38 bits per heavy atom. The van der Waals surface area contributed by atoms with Crippen LogP contribution in [0.3, 0.4) is 0 Å². The predicted molar refractivity (Wildman–Crippen MR) is 86.1 cm³/mol. The number of nitrogens with two attached hydrogens (primary N) is 1. The molecule has 1 unspecified atom stereocenters. The summed E-state index contributed by atoms with van der Waals surface area (Å²) in [6.45, 7) is 1.74. The Balaban J connectivity index is 2.21. The molecule has 0 aromatic heterocycles. The summed E-state index contributed by atoms with van der Waals surface area (Å²) in [5, 5.41) is 2.56. The molecule has 3 aromatic rings. The molecule has 3 heteroatoms. The molecule has 0 aliphatic rings. The number of halogens is 2. The largest absolute Gasteiger partial charge is 0.320 e. The van der Waals surface area contributed by atoms with Crippen molar-refractivity contribution >= 4 is 22.4 Å². The van der Waals surface area contributed by atoms with E-state index in [1.165, 1.54) is 0 Å². The van der Waals surface area contributed by atoms with Crippen molar-refractivity contribution in [3.8, 4) is 0 Å². The molecule has 0 spiro atoms. The van der Waals surface area contributed by atoms with Crippen molar-refractivity contribution in [2.75, 3.05) is 0 Å². The zero-order chi connectivity index (χ0) is 15.0. The molecule has 1 atom stereocenters. The van der Waals surface area contributed by atoms with Crippen molar-refractivity contribution in [1.29, 1.82) is 0 Å². The molecular formula is C18H15ClFN. The predicted octanol–water partition coefficient (Wildman–Crippen LogP) is 4.99. The van der Waals surface area contributed by atoms with Gasteiger partial charge >= 0.3 is 0 Å². The summed E-state index contributed by atoms with van der Waals surface area (Å²) in [5.41, 5.74) is 8.29. The summed E-state index contributed by atoms with van der Waals surface area (Å²) in [6, 6.07) is 16.2. The molecule has 0 radical (unpaired) electrons. The Kier molecular flexibility index (Phi) is 3.66. The van der Waals surface area contributed by atoms with Crippen molar-refractivity contribution in [2.45, 2.75) is 13.0 Å². The van der Waals surface area contributed by atoms with Crippen LogP contribution in [-0.4, -0.2) is 0 Å². The standard InChI is InChI=1S/C18H15ClFN/c1-11-5-4-8-15(17(11)20)18(21)14-9-10-16(19)13-7-3-2-6-12(13)14/h2-10,18H,21H2,1H3. The van der Waals surface area contributed by atoms with Crippen LogP contribution < -0.4 is 5.73 Å². The van der Waals surface area contributed by atoms with Crippen molar-refractivity contribution in [1.82, 2.24) is 0 Å². The molecule has 0 fully saturated rings. The van der Waals surface area contributed by atoms with E-state index in [-0.39, 0.29) is 5.82 Å². The van der Waals surface area contributed by atoms with Gasteiger partial charge in [-0.1, -0.05) is 60.1 Å². The van der Waals surface area contributed by atoms with Gasteiger partial charge in [0.25, 0.3) is 0 Å². The van der Waals surface area contributed by atoms with Crippen LogP contribution in [0.15, 0.2) is 54.6 Å². The van der Waals surface area contributed by atoms with Crippen LogP contribution in [0.1, 0.15) is 22.7 Å². The average Bonchev–Trinajstić information content (AvgIpc) is 2.50. The van der Waals surface area contributed by atoms with E-state index in [2.05, 4.69) is 0 Å². The second kappa shape index (κ2) is 5.47. The minimum Gasteiger partial charge on any atom is -0.320 e. The Labute approximate surface area is 128 Å². The van der Waals surface area contributed by atoms with E-state index in [0.717, 1.165) is 16.3 Å². The van der Waals surface area contributed by atoms with Gasteiger partial charge in [0.15, 0.2) is 0 Å². The molecule has 106 valence electrons. The highest BCUT2D eigenvalue weighted by molar-refractivity contribution is 6.35. The summed E-state index contributed by atoms with van der Waals surface area (Å²) in [5.74, 6) is -0.246. The average molecular weight is 300 g/mol. The molecule has 1 nitrogen and oxygen atoms in total. The molecule has 0 aliphatic carbocycles. The van der Waals surface area contributed by atoms with Crippen LogP contribution in [0.2, 0.25) is 5.02 Å². The van der Waals surface area contributed by atoms with Crippen LogP contribution >= 0.6 is 11.6 Å². The summed E-state index contributed by atoms with van der Waals surface area (Å²) in [4.78, 5) is 0. The smallest absolute Gasteiger partial charge is 0.131 e. The molecule has 0 bridgehead atoms. The molecule has 21 heavy (non-hydrogen) atoms. The highest BCUT2D eigenvalue weighted by Gasteiger charge is 2.17. The van der Waals surface area contributed by atoms with E-state index in [1.54, 1.807) is 19.1 Å². The molecule has 0 aliphatic heterocycles. The molecule has 0 amide bonds. The molecule has 0 saturated carbocycles. The van der Waals surface area contributed by atoms with Crippen molar-refractivity contribution < 1.29 is 4.39 Å². The lowest BCUT2D eigenvalue weighted by Gasteiger charge is -2.17. The Hall–Kier alpha value is -1.90. The zero-order valence-corrected chi connectivity index (χ0v) is 12.4. The fraction of sp³-hybridized carbons (Fsp3) is 0.111. The van der Waals surface area contributed by atoms with E-state index in [4.69, 9.17) is 17.3 Å². The Morgan fingerprint density at radius 2 is 1.62 bits per heavy atom. The summed E-state index contributed by atoms with van der Waals surface area (Å²) in [7, 11) is 0. The normalized spacial score (nSPS) is 12.6. The lowest BCUT2D eigenvalue weighted by Crippen LogP contribution is -2.14. The first-order valence-electron chi connectivity index (χ1n) is 6.77. The number of hydrogen-bond acceptors (Lipinski definition) is 1. The van der Waals surface area contributed by atoms with Gasteiger partial charge in [0.05, 0.1) is 6.04 Å². The molecular weight excluding hydrogens is 285 g/mol. The van der Waals surface area contributed by atoms with Gasteiger partial charge in [-0.05, 0) is 29.5 Å². The maximum atomic E-state index is 14.3. The first kappa shape index (κ1) is 14.1. The quantitative estimate of drug-likeness (QED) is 0.709. The van der Waals surface area contributed by atoms with Crippen LogP contribution in [-0.2, 0) is 0 Å². The van der Waals surface area contributed by atoms with E-state index in [1.807, 2.05) is 42.5 Å². The number of aryl methyl sites for hydroxylation is 1. The SMILES string of the molecule is Cc1cccc(C(N)c2ccc(Cl)c3ccccc23)c1F. The third-order valence-electron chi connectivity index (χ3n) is 3.80. The number of rotatable bonds is 2. The van der Waals surface area contributed by atoms with Crippen LogP contribution in [0.5, 0.6) is 0 Å².